The molecule has 0 aliphatic rings. The van der Waals surface area contributed by atoms with Gasteiger partial charge in [0, 0.05) is 24.7 Å². The Morgan fingerprint density at radius 2 is 2.12 bits per heavy atom. The van der Waals surface area contributed by atoms with E-state index >= 15 is 0 Å². The highest BCUT2D eigenvalue weighted by Crippen LogP contribution is 2.21. The van der Waals surface area contributed by atoms with Gasteiger partial charge < -0.3 is 10.1 Å². The summed E-state index contributed by atoms with van der Waals surface area (Å²) in [5.41, 5.74) is 2.09. The van der Waals surface area contributed by atoms with Gasteiger partial charge in [0.1, 0.15) is 0 Å². The number of pyridine rings is 1. The fraction of sp³-hybridized carbons (Fsp3) is 0.357. The fourth-order valence-electron chi connectivity index (χ4n) is 1.90. The fourth-order valence-corrected chi connectivity index (χ4v) is 1.90. The number of aromatic nitrogens is 1. The lowest BCUT2D eigenvalue weighted by Gasteiger charge is -2.18. The van der Waals surface area contributed by atoms with Gasteiger partial charge in [0.2, 0.25) is 0 Å². The van der Waals surface area contributed by atoms with E-state index in [0.717, 1.165) is 23.0 Å². The number of methoxy groups -OCH3 is 1. The quantitative estimate of drug-likeness (QED) is 0.857. The summed E-state index contributed by atoms with van der Waals surface area (Å²) in [6, 6.07) is 10.5. The van der Waals surface area contributed by atoms with E-state index in [1.807, 2.05) is 18.3 Å². The van der Waals surface area contributed by atoms with Crippen LogP contribution < -0.4 is 5.32 Å². The van der Waals surface area contributed by atoms with Crippen molar-refractivity contribution >= 4 is 16.6 Å². The summed E-state index contributed by atoms with van der Waals surface area (Å²) in [7, 11) is 1.73. The van der Waals surface area contributed by atoms with Crippen molar-refractivity contribution in [1.82, 2.24) is 4.98 Å². The first kappa shape index (κ1) is 11.9. The largest absolute Gasteiger partial charge is 0.383 e. The second-order valence-electron chi connectivity index (χ2n) is 4.09. The molecular formula is C14H18N2O. The molecule has 0 spiro atoms. The third-order valence-corrected chi connectivity index (χ3v) is 2.85. The lowest BCUT2D eigenvalue weighted by atomic mass is 10.1. The third kappa shape index (κ3) is 2.74. The number of anilines is 1. The molecule has 3 heteroatoms. The zero-order valence-corrected chi connectivity index (χ0v) is 10.3. The number of ether oxygens (including phenoxy) is 1. The molecule has 0 saturated heterocycles. The lowest BCUT2D eigenvalue weighted by molar-refractivity contribution is 0.184. The van der Waals surface area contributed by atoms with Crippen LogP contribution in [0, 0.1) is 0 Å². The minimum Gasteiger partial charge on any atom is -0.383 e. The number of hydrogen-bond donors (Lipinski definition) is 1. The van der Waals surface area contributed by atoms with E-state index in [2.05, 4.69) is 35.4 Å². The van der Waals surface area contributed by atoms with E-state index in [9.17, 15) is 0 Å². The number of fused-ring (bicyclic) bond motifs is 1. The SMILES string of the molecule is CCC(COC)Nc1cccc2cccnc12. The summed E-state index contributed by atoms with van der Waals surface area (Å²) in [6.07, 6.45) is 2.85. The van der Waals surface area contributed by atoms with Gasteiger partial charge in [-0.05, 0) is 18.6 Å². The molecule has 3 nitrogen and oxygen atoms in total. The van der Waals surface area contributed by atoms with E-state index in [1.54, 1.807) is 7.11 Å². The normalized spacial score (nSPS) is 12.6. The van der Waals surface area contributed by atoms with E-state index in [0.29, 0.717) is 12.6 Å². The molecule has 2 rings (SSSR count). The molecule has 0 amide bonds. The molecule has 1 N–H and O–H groups in total. The Hall–Kier alpha value is -1.61. The van der Waals surface area contributed by atoms with Crippen molar-refractivity contribution in [2.24, 2.45) is 0 Å². The van der Waals surface area contributed by atoms with Crippen LogP contribution in [0.4, 0.5) is 5.69 Å². The molecule has 0 saturated carbocycles. The Morgan fingerprint density at radius 3 is 2.88 bits per heavy atom. The molecule has 1 unspecified atom stereocenters. The Balaban J connectivity index is 2.28. The van der Waals surface area contributed by atoms with E-state index in [-0.39, 0.29) is 0 Å². The van der Waals surface area contributed by atoms with Gasteiger partial charge in [-0.25, -0.2) is 0 Å². The molecule has 0 bridgehead atoms. The second kappa shape index (κ2) is 5.64. The summed E-state index contributed by atoms with van der Waals surface area (Å²) in [5, 5.41) is 4.64. The van der Waals surface area contributed by atoms with Crippen LogP contribution in [0.25, 0.3) is 10.9 Å². The summed E-state index contributed by atoms with van der Waals surface area (Å²) in [6.45, 7) is 2.86. The van der Waals surface area contributed by atoms with Crippen LogP contribution in [0.2, 0.25) is 0 Å². The molecule has 2 aromatic rings. The summed E-state index contributed by atoms with van der Waals surface area (Å²) in [5.74, 6) is 0. The minimum absolute atomic E-state index is 0.326. The summed E-state index contributed by atoms with van der Waals surface area (Å²) >= 11 is 0. The minimum atomic E-state index is 0.326. The number of nitrogens with one attached hydrogen (secondary N) is 1. The second-order valence-corrected chi connectivity index (χ2v) is 4.09. The predicted molar refractivity (Wildman–Crippen MR) is 71.3 cm³/mol. The highest BCUT2D eigenvalue weighted by molar-refractivity contribution is 5.90. The van der Waals surface area contributed by atoms with Crippen LogP contribution in [-0.4, -0.2) is 24.7 Å². The van der Waals surface area contributed by atoms with Crippen molar-refractivity contribution in [2.45, 2.75) is 19.4 Å². The van der Waals surface area contributed by atoms with E-state index in [1.165, 1.54) is 0 Å². The van der Waals surface area contributed by atoms with Crippen molar-refractivity contribution in [3.8, 4) is 0 Å². The van der Waals surface area contributed by atoms with E-state index in [4.69, 9.17) is 4.74 Å². The Kier molecular flexibility index (Phi) is 3.94. The van der Waals surface area contributed by atoms with Gasteiger partial charge in [-0.2, -0.15) is 0 Å². The summed E-state index contributed by atoms with van der Waals surface area (Å²) < 4.78 is 5.20. The van der Waals surface area contributed by atoms with Crippen molar-refractivity contribution < 1.29 is 4.74 Å². The first-order valence-corrected chi connectivity index (χ1v) is 5.94. The van der Waals surface area contributed by atoms with Crippen LogP contribution >= 0.6 is 0 Å². The smallest absolute Gasteiger partial charge is 0.0933 e. The van der Waals surface area contributed by atoms with Crippen LogP contribution in [0.15, 0.2) is 36.5 Å². The first-order chi connectivity index (χ1) is 8.35. The lowest BCUT2D eigenvalue weighted by Crippen LogP contribution is -2.24. The van der Waals surface area contributed by atoms with Gasteiger partial charge in [0.05, 0.1) is 17.8 Å². The maximum Gasteiger partial charge on any atom is 0.0933 e. The highest BCUT2D eigenvalue weighted by atomic mass is 16.5. The van der Waals surface area contributed by atoms with Gasteiger partial charge in [-0.15, -0.1) is 0 Å². The topological polar surface area (TPSA) is 34.1 Å². The monoisotopic (exact) mass is 230 g/mol. The number of hydrogen-bond acceptors (Lipinski definition) is 3. The first-order valence-electron chi connectivity index (χ1n) is 5.94. The van der Waals surface area contributed by atoms with Gasteiger partial charge in [-0.3, -0.25) is 4.98 Å². The third-order valence-electron chi connectivity index (χ3n) is 2.85. The Bertz CT molecular complexity index is 479. The number of nitrogens with zero attached hydrogens (tertiary/aromatic N) is 1. The predicted octanol–water partition coefficient (Wildman–Crippen LogP) is 3.07. The molecule has 0 aliphatic heterocycles. The Morgan fingerprint density at radius 1 is 1.29 bits per heavy atom. The molecule has 1 atom stereocenters. The van der Waals surface area contributed by atoms with Crippen LogP contribution in [0.1, 0.15) is 13.3 Å². The molecule has 17 heavy (non-hydrogen) atoms. The molecule has 1 heterocycles. The number of rotatable bonds is 5. The molecule has 0 aliphatic carbocycles. The van der Waals surface area contributed by atoms with Crippen LogP contribution in [0.3, 0.4) is 0 Å². The maximum absolute atomic E-state index is 5.20. The van der Waals surface area contributed by atoms with Gasteiger partial charge in [0.25, 0.3) is 0 Å². The molecule has 90 valence electrons. The number of benzene rings is 1. The molecule has 0 radical (unpaired) electrons. The van der Waals surface area contributed by atoms with E-state index < -0.39 is 0 Å². The molecule has 1 aromatic heterocycles. The van der Waals surface area contributed by atoms with Gasteiger partial charge >= 0.3 is 0 Å². The molecule has 1 aromatic carbocycles. The maximum atomic E-state index is 5.20. The van der Waals surface area contributed by atoms with Crippen molar-refractivity contribution in [2.75, 3.05) is 19.0 Å². The van der Waals surface area contributed by atoms with Crippen molar-refractivity contribution in [3.05, 3.63) is 36.5 Å². The zero-order valence-electron chi connectivity index (χ0n) is 10.3. The highest BCUT2D eigenvalue weighted by Gasteiger charge is 2.08. The van der Waals surface area contributed by atoms with Crippen molar-refractivity contribution in [3.63, 3.8) is 0 Å². The average molecular weight is 230 g/mol. The molecular weight excluding hydrogens is 212 g/mol. The standard InChI is InChI=1S/C14H18N2O/c1-3-12(10-17-2)16-13-8-4-6-11-7-5-9-15-14(11)13/h4-9,12,16H,3,10H2,1-2H3. The van der Waals surface area contributed by atoms with Crippen LogP contribution in [-0.2, 0) is 4.74 Å². The summed E-state index contributed by atoms with van der Waals surface area (Å²) in [4.78, 5) is 4.43. The van der Waals surface area contributed by atoms with Crippen LogP contribution in [0.5, 0.6) is 0 Å². The number of para-hydroxylation sites is 1. The van der Waals surface area contributed by atoms with Gasteiger partial charge in [0.15, 0.2) is 0 Å². The van der Waals surface area contributed by atoms with Gasteiger partial charge in [-0.1, -0.05) is 25.1 Å². The Labute approximate surface area is 102 Å². The van der Waals surface area contributed by atoms with Crippen molar-refractivity contribution in [1.29, 1.82) is 0 Å². The average Bonchev–Trinajstić information content (AvgIpc) is 2.38. The zero-order chi connectivity index (χ0) is 12.1. The molecule has 0 fully saturated rings.